The molecule has 4 nitrogen and oxygen atoms in total. The quantitative estimate of drug-likeness (QED) is 0.265. The average molecular weight is 531 g/mol. The van der Waals surface area contributed by atoms with E-state index in [1.54, 1.807) is 12.1 Å². The van der Waals surface area contributed by atoms with Gasteiger partial charge in [0, 0.05) is 5.41 Å². The molecule has 2 unspecified atom stereocenters. The van der Waals surface area contributed by atoms with Crippen molar-refractivity contribution >= 4 is 5.97 Å². The maximum absolute atomic E-state index is 11.7. The van der Waals surface area contributed by atoms with Gasteiger partial charge in [-0.25, -0.2) is 4.79 Å². The Balaban J connectivity index is 1.90. The number of ether oxygens (including phenoxy) is 1. The van der Waals surface area contributed by atoms with Crippen LogP contribution >= 0.6 is 0 Å². The molecular formula is C35H46O4. The van der Waals surface area contributed by atoms with Gasteiger partial charge in [0.2, 0.25) is 0 Å². The third-order valence-corrected chi connectivity index (χ3v) is 8.53. The van der Waals surface area contributed by atoms with Crippen molar-refractivity contribution in [1.82, 2.24) is 0 Å². The Morgan fingerprint density at radius 3 is 1.90 bits per heavy atom. The number of rotatable bonds is 10. The Hall–Kier alpha value is -2.95. The molecule has 0 saturated heterocycles. The number of aliphatic hydroxyl groups excluding tert-OH is 2. The van der Waals surface area contributed by atoms with Crippen molar-refractivity contribution in [2.24, 2.45) is 5.41 Å². The van der Waals surface area contributed by atoms with E-state index in [-0.39, 0.29) is 16.9 Å². The monoisotopic (exact) mass is 530 g/mol. The number of esters is 1. The number of aliphatic hydroxyl groups is 2. The fourth-order valence-corrected chi connectivity index (χ4v) is 5.61. The molecule has 0 aliphatic rings. The predicted octanol–water partition coefficient (Wildman–Crippen LogP) is 7.62. The summed E-state index contributed by atoms with van der Waals surface area (Å²) in [4.78, 5) is 11.7. The second kappa shape index (κ2) is 12.5. The van der Waals surface area contributed by atoms with Crippen molar-refractivity contribution < 1.29 is 19.7 Å². The van der Waals surface area contributed by atoms with Gasteiger partial charge >= 0.3 is 5.97 Å². The number of hydrogen-bond donors (Lipinski definition) is 2. The first-order valence-electron chi connectivity index (χ1n) is 14.1. The van der Waals surface area contributed by atoms with Crippen molar-refractivity contribution in [1.29, 1.82) is 0 Å². The van der Waals surface area contributed by atoms with Gasteiger partial charge in [0.05, 0.1) is 13.2 Å². The third kappa shape index (κ3) is 6.62. The van der Waals surface area contributed by atoms with Gasteiger partial charge in [0.25, 0.3) is 0 Å². The normalized spacial score (nSPS) is 13.7. The van der Waals surface area contributed by atoms with Crippen LogP contribution in [0.4, 0.5) is 0 Å². The van der Waals surface area contributed by atoms with Gasteiger partial charge in [-0.3, -0.25) is 0 Å². The molecule has 3 rings (SSSR count). The van der Waals surface area contributed by atoms with Crippen molar-refractivity contribution in [3.8, 4) is 11.1 Å². The van der Waals surface area contributed by atoms with E-state index in [4.69, 9.17) is 0 Å². The van der Waals surface area contributed by atoms with Crippen LogP contribution in [0.15, 0.2) is 60.7 Å². The highest BCUT2D eigenvalue weighted by Gasteiger charge is 2.31. The summed E-state index contributed by atoms with van der Waals surface area (Å²) >= 11 is 0. The average Bonchev–Trinajstić information content (AvgIpc) is 2.92. The number of aryl methyl sites for hydroxylation is 3. The molecule has 0 bridgehead atoms. The maximum Gasteiger partial charge on any atom is 0.339 e. The van der Waals surface area contributed by atoms with Crippen LogP contribution in [0.1, 0.15) is 93.4 Å². The molecule has 0 aliphatic carbocycles. The van der Waals surface area contributed by atoms with Crippen molar-refractivity contribution in [2.45, 2.75) is 91.8 Å². The molecule has 0 heterocycles. The maximum atomic E-state index is 11.7. The van der Waals surface area contributed by atoms with E-state index in [2.05, 4.69) is 89.6 Å². The van der Waals surface area contributed by atoms with Crippen LogP contribution in [-0.4, -0.2) is 29.4 Å². The highest BCUT2D eigenvalue weighted by molar-refractivity contribution is 5.77. The molecule has 3 aromatic rings. The van der Waals surface area contributed by atoms with Crippen LogP contribution in [0.5, 0.6) is 0 Å². The lowest BCUT2D eigenvalue weighted by molar-refractivity contribution is -0.150. The second-order valence-electron chi connectivity index (χ2n) is 11.9. The Morgan fingerprint density at radius 1 is 0.846 bits per heavy atom. The lowest BCUT2D eigenvalue weighted by Crippen LogP contribution is -2.27. The topological polar surface area (TPSA) is 66.8 Å². The number of methoxy groups -OCH3 is 1. The minimum atomic E-state index is -1.28. The first-order chi connectivity index (χ1) is 18.4. The Kier molecular flexibility index (Phi) is 9.79. The van der Waals surface area contributed by atoms with Gasteiger partial charge in [-0.05, 0) is 89.5 Å². The molecule has 0 radical (unpaired) electrons. The zero-order valence-electron chi connectivity index (χ0n) is 25.0. The molecule has 0 aromatic heterocycles. The Labute approximate surface area is 235 Å². The smallest absolute Gasteiger partial charge is 0.339 e. The Morgan fingerprint density at radius 2 is 1.41 bits per heavy atom. The summed E-state index contributed by atoms with van der Waals surface area (Å²) in [6.45, 7) is 15.1. The molecular weight excluding hydrogens is 484 g/mol. The van der Waals surface area contributed by atoms with Crippen LogP contribution in [0, 0.1) is 19.3 Å². The fraction of sp³-hybridized carbons (Fsp3) is 0.457. The molecule has 0 spiro atoms. The molecule has 0 aliphatic heterocycles. The zero-order valence-corrected chi connectivity index (χ0v) is 25.0. The van der Waals surface area contributed by atoms with Gasteiger partial charge in [0.15, 0.2) is 6.10 Å². The van der Waals surface area contributed by atoms with Crippen LogP contribution in [0.3, 0.4) is 0 Å². The minimum Gasteiger partial charge on any atom is -0.467 e. The number of hydrogen-bond acceptors (Lipinski definition) is 4. The largest absolute Gasteiger partial charge is 0.467 e. The van der Waals surface area contributed by atoms with Gasteiger partial charge < -0.3 is 14.9 Å². The molecule has 2 atom stereocenters. The minimum absolute atomic E-state index is 0.0913. The number of benzene rings is 3. The molecule has 0 saturated carbocycles. The predicted molar refractivity (Wildman–Crippen MR) is 160 cm³/mol. The summed E-state index contributed by atoms with van der Waals surface area (Å²) in [5.41, 5.74) is 8.89. The van der Waals surface area contributed by atoms with E-state index in [9.17, 15) is 15.0 Å². The summed E-state index contributed by atoms with van der Waals surface area (Å²) in [6.07, 6.45) is 2.02. The molecule has 4 heteroatoms. The molecule has 39 heavy (non-hydrogen) atoms. The van der Waals surface area contributed by atoms with Gasteiger partial charge in [-0.15, -0.1) is 0 Å². The Bertz CT molecular complexity index is 1260. The highest BCUT2D eigenvalue weighted by Crippen LogP contribution is 2.41. The van der Waals surface area contributed by atoms with E-state index in [1.807, 2.05) is 12.1 Å². The first-order valence-corrected chi connectivity index (χ1v) is 14.1. The van der Waals surface area contributed by atoms with Crippen LogP contribution < -0.4 is 0 Å². The summed E-state index contributed by atoms with van der Waals surface area (Å²) in [5.74, 6) is -0.662. The third-order valence-electron chi connectivity index (χ3n) is 8.53. The zero-order chi connectivity index (χ0) is 29.0. The molecule has 210 valence electrons. The van der Waals surface area contributed by atoms with Gasteiger partial charge in [-0.1, -0.05) is 95.3 Å². The summed E-state index contributed by atoms with van der Waals surface area (Å²) in [7, 11) is 1.27. The van der Waals surface area contributed by atoms with Gasteiger partial charge in [-0.2, -0.15) is 0 Å². The lowest BCUT2D eigenvalue weighted by Gasteiger charge is -2.34. The SMILES string of the molecule is CCC(CC)(c1ccc(CCC(O)C(C)(C)C)c(C)c1)c1ccc(-c2ccc(C(O)C(=O)OC)cc2)c(C)c1. The van der Waals surface area contributed by atoms with Gasteiger partial charge in [0.1, 0.15) is 0 Å². The van der Waals surface area contributed by atoms with E-state index >= 15 is 0 Å². The number of carbonyl (C=O) groups is 1. The molecule has 0 fully saturated rings. The molecule has 3 aromatic carbocycles. The lowest BCUT2D eigenvalue weighted by atomic mass is 9.69. The summed E-state index contributed by atoms with van der Waals surface area (Å²) in [6, 6.07) is 21.1. The van der Waals surface area contributed by atoms with Crippen molar-refractivity contribution in [3.63, 3.8) is 0 Å². The standard InChI is InChI=1S/C35H46O4/c1-9-35(10-2,28-17-15-25(23(3)21-28)16-20-31(36)34(5,6)7)29-18-19-30(24(4)22-29)26-11-13-27(14-12-26)32(37)33(38)39-8/h11-15,17-19,21-22,31-32,36-37H,9-10,16,20H2,1-8H3. The van der Waals surface area contributed by atoms with Crippen molar-refractivity contribution in [2.75, 3.05) is 7.11 Å². The fourth-order valence-electron chi connectivity index (χ4n) is 5.61. The summed E-state index contributed by atoms with van der Waals surface area (Å²) < 4.78 is 4.65. The van der Waals surface area contributed by atoms with Crippen LogP contribution in [0.25, 0.3) is 11.1 Å². The summed E-state index contributed by atoms with van der Waals surface area (Å²) in [5, 5.41) is 20.6. The molecule has 0 amide bonds. The number of carbonyl (C=O) groups excluding carboxylic acids is 1. The van der Waals surface area contributed by atoms with E-state index in [0.29, 0.717) is 5.56 Å². The van der Waals surface area contributed by atoms with Crippen LogP contribution in [0.2, 0.25) is 0 Å². The highest BCUT2D eigenvalue weighted by atomic mass is 16.5. The molecule has 2 N–H and O–H groups in total. The first kappa shape index (κ1) is 30.6. The van der Waals surface area contributed by atoms with Crippen molar-refractivity contribution in [3.05, 3.63) is 94.0 Å². The van der Waals surface area contributed by atoms with Crippen LogP contribution in [-0.2, 0) is 21.4 Å². The van der Waals surface area contributed by atoms with E-state index in [1.165, 1.54) is 34.9 Å². The van der Waals surface area contributed by atoms with E-state index < -0.39 is 12.1 Å². The second-order valence-corrected chi connectivity index (χ2v) is 11.9. The van der Waals surface area contributed by atoms with E-state index in [0.717, 1.165) is 36.8 Å².